The fourth-order valence-corrected chi connectivity index (χ4v) is 1.56. The number of carbonyl (C=O) groups excluding carboxylic acids is 1. The first-order chi connectivity index (χ1) is 7.69. The second kappa shape index (κ2) is 6.28. The van der Waals surface area contributed by atoms with E-state index in [0.29, 0.717) is 18.6 Å². The van der Waals surface area contributed by atoms with Crippen molar-refractivity contribution in [3.8, 4) is 5.75 Å². The van der Waals surface area contributed by atoms with Crippen LogP contribution in [-0.4, -0.2) is 17.2 Å². The molecule has 1 aromatic carbocycles. The van der Waals surface area contributed by atoms with E-state index in [1.165, 1.54) is 0 Å². The van der Waals surface area contributed by atoms with Crippen LogP contribution in [0.3, 0.4) is 0 Å². The second-order valence-electron chi connectivity index (χ2n) is 3.72. The van der Waals surface area contributed by atoms with Crippen molar-refractivity contribution in [1.29, 1.82) is 0 Å². The average molecular weight is 222 g/mol. The topological polar surface area (TPSA) is 46.5 Å². The number of esters is 1. The van der Waals surface area contributed by atoms with Crippen molar-refractivity contribution in [3.63, 3.8) is 0 Å². The zero-order valence-corrected chi connectivity index (χ0v) is 9.72. The lowest BCUT2D eigenvalue weighted by molar-refractivity contribution is -0.143. The summed E-state index contributed by atoms with van der Waals surface area (Å²) in [5.41, 5.74) is 0. The lowest BCUT2D eigenvalue weighted by Gasteiger charge is -2.18. The van der Waals surface area contributed by atoms with Gasteiger partial charge in [-0.2, -0.15) is 0 Å². The zero-order valence-electron chi connectivity index (χ0n) is 9.72. The monoisotopic (exact) mass is 222 g/mol. The van der Waals surface area contributed by atoms with Gasteiger partial charge in [-0.1, -0.05) is 32.0 Å². The van der Waals surface area contributed by atoms with Crippen LogP contribution in [0.5, 0.6) is 5.75 Å². The molecule has 1 N–H and O–H groups in total. The van der Waals surface area contributed by atoms with E-state index in [9.17, 15) is 9.90 Å². The van der Waals surface area contributed by atoms with Crippen LogP contribution in [0.25, 0.3) is 0 Å². The van der Waals surface area contributed by atoms with E-state index in [-0.39, 0.29) is 5.97 Å². The van der Waals surface area contributed by atoms with Crippen molar-refractivity contribution < 1.29 is 14.6 Å². The molecule has 3 heteroatoms. The van der Waals surface area contributed by atoms with Gasteiger partial charge in [0.1, 0.15) is 5.75 Å². The Kier molecular flexibility index (Phi) is 4.99. The summed E-state index contributed by atoms with van der Waals surface area (Å²) in [7, 11) is 0. The van der Waals surface area contributed by atoms with Crippen LogP contribution in [0.1, 0.15) is 26.7 Å². The third kappa shape index (κ3) is 3.35. The molecule has 0 bridgehead atoms. The van der Waals surface area contributed by atoms with Gasteiger partial charge in [0, 0.05) is 0 Å². The maximum absolute atomic E-state index is 11.8. The van der Waals surface area contributed by atoms with Gasteiger partial charge in [-0.25, -0.2) is 0 Å². The quantitative estimate of drug-likeness (QED) is 0.614. The van der Waals surface area contributed by atoms with Crippen LogP contribution < -0.4 is 4.74 Å². The molecule has 2 atom stereocenters. The molecule has 0 aromatic heterocycles. The molecule has 16 heavy (non-hydrogen) atoms. The van der Waals surface area contributed by atoms with Crippen LogP contribution in [0, 0.1) is 5.92 Å². The summed E-state index contributed by atoms with van der Waals surface area (Å²) in [4.78, 5) is 11.8. The van der Waals surface area contributed by atoms with Crippen molar-refractivity contribution in [2.45, 2.75) is 32.8 Å². The first-order valence-electron chi connectivity index (χ1n) is 5.63. The van der Waals surface area contributed by atoms with Crippen molar-refractivity contribution in [3.05, 3.63) is 30.3 Å². The molecule has 0 amide bonds. The SMILES string of the molecule is CC[C@@H](O)[C@H](CC)C(=O)Oc1ccccc1. The molecule has 0 spiro atoms. The van der Waals surface area contributed by atoms with Gasteiger partial charge in [-0.3, -0.25) is 4.79 Å². The Morgan fingerprint density at radius 2 is 1.88 bits per heavy atom. The maximum atomic E-state index is 11.8. The molecule has 3 nitrogen and oxygen atoms in total. The van der Waals surface area contributed by atoms with Crippen LogP contribution in [0.2, 0.25) is 0 Å². The molecule has 0 saturated carbocycles. The highest BCUT2D eigenvalue weighted by atomic mass is 16.5. The molecular formula is C13H18O3. The number of ether oxygens (including phenoxy) is 1. The summed E-state index contributed by atoms with van der Waals surface area (Å²) in [6.45, 7) is 3.72. The number of benzene rings is 1. The first kappa shape index (κ1) is 12.7. The molecule has 0 fully saturated rings. The standard InChI is InChI=1S/C13H18O3/c1-3-11(12(14)4-2)13(15)16-10-8-6-5-7-9-10/h5-9,11-12,14H,3-4H2,1-2H3/t11-,12+/m0/s1. The Balaban J connectivity index is 2.63. The van der Waals surface area contributed by atoms with E-state index in [2.05, 4.69) is 0 Å². The van der Waals surface area contributed by atoms with Crippen molar-refractivity contribution in [1.82, 2.24) is 0 Å². The van der Waals surface area contributed by atoms with Gasteiger partial charge in [-0.15, -0.1) is 0 Å². The predicted molar refractivity (Wildman–Crippen MR) is 62.2 cm³/mol. The molecule has 1 aromatic rings. The second-order valence-corrected chi connectivity index (χ2v) is 3.72. The minimum atomic E-state index is -0.624. The van der Waals surface area contributed by atoms with Crippen LogP contribution >= 0.6 is 0 Å². The number of aliphatic hydroxyl groups is 1. The van der Waals surface area contributed by atoms with Gasteiger partial charge in [0.15, 0.2) is 0 Å². The smallest absolute Gasteiger partial charge is 0.316 e. The third-order valence-electron chi connectivity index (χ3n) is 2.59. The number of hydrogen-bond acceptors (Lipinski definition) is 3. The fraction of sp³-hybridized carbons (Fsp3) is 0.462. The minimum Gasteiger partial charge on any atom is -0.426 e. The Hall–Kier alpha value is -1.35. The summed E-state index contributed by atoms with van der Waals surface area (Å²) < 4.78 is 5.19. The van der Waals surface area contributed by atoms with Gasteiger partial charge in [0.25, 0.3) is 0 Å². The summed E-state index contributed by atoms with van der Waals surface area (Å²) in [5.74, 6) is -0.275. The van der Waals surface area contributed by atoms with Crippen molar-refractivity contribution >= 4 is 5.97 Å². The average Bonchev–Trinajstić information content (AvgIpc) is 2.31. The highest BCUT2D eigenvalue weighted by Gasteiger charge is 2.25. The van der Waals surface area contributed by atoms with Crippen molar-refractivity contribution in [2.24, 2.45) is 5.92 Å². The summed E-state index contributed by atoms with van der Waals surface area (Å²) in [5, 5.41) is 9.67. The lowest BCUT2D eigenvalue weighted by Crippen LogP contribution is -2.30. The first-order valence-corrected chi connectivity index (χ1v) is 5.63. The van der Waals surface area contributed by atoms with Crippen LogP contribution in [0.15, 0.2) is 30.3 Å². The third-order valence-corrected chi connectivity index (χ3v) is 2.59. The van der Waals surface area contributed by atoms with E-state index in [1.54, 1.807) is 24.3 Å². The van der Waals surface area contributed by atoms with E-state index in [1.807, 2.05) is 19.9 Å². The van der Waals surface area contributed by atoms with E-state index in [0.717, 1.165) is 0 Å². The normalized spacial score (nSPS) is 14.2. The van der Waals surface area contributed by atoms with Gasteiger partial charge < -0.3 is 9.84 Å². The Morgan fingerprint density at radius 3 is 2.38 bits per heavy atom. The molecule has 0 unspecified atom stereocenters. The van der Waals surface area contributed by atoms with Gasteiger partial charge >= 0.3 is 5.97 Å². The molecule has 0 radical (unpaired) electrons. The highest BCUT2D eigenvalue weighted by molar-refractivity contribution is 5.75. The van der Waals surface area contributed by atoms with Gasteiger partial charge in [0.05, 0.1) is 12.0 Å². The van der Waals surface area contributed by atoms with Gasteiger partial charge in [-0.05, 0) is 25.0 Å². The summed E-state index contributed by atoms with van der Waals surface area (Å²) in [6, 6.07) is 8.92. The summed E-state index contributed by atoms with van der Waals surface area (Å²) >= 11 is 0. The molecule has 88 valence electrons. The number of rotatable bonds is 5. The zero-order chi connectivity index (χ0) is 12.0. The number of carbonyl (C=O) groups is 1. The molecular weight excluding hydrogens is 204 g/mol. The molecule has 0 aliphatic carbocycles. The Morgan fingerprint density at radius 1 is 1.25 bits per heavy atom. The minimum absolute atomic E-state index is 0.358. The van der Waals surface area contributed by atoms with Gasteiger partial charge in [0.2, 0.25) is 0 Å². The Labute approximate surface area is 96.1 Å². The number of aliphatic hydroxyl groups excluding tert-OH is 1. The number of hydrogen-bond donors (Lipinski definition) is 1. The molecule has 1 rings (SSSR count). The van der Waals surface area contributed by atoms with E-state index >= 15 is 0 Å². The fourth-order valence-electron chi connectivity index (χ4n) is 1.56. The summed E-state index contributed by atoms with van der Waals surface area (Å²) in [6.07, 6.45) is 0.518. The highest BCUT2D eigenvalue weighted by Crippen LogP contribution is 2.17. The molecule has 0 aliphatic heterocycles. The van der Waals surface area contributed by atoms with Crippen LogP contribution in [0.4, 0.5) is 0 Å². The number of para-hydroxylation sites is 1. The molecule has 0 heterocycles. The molecule has 0 aliphatic rings. The van der Waals surface area contributed by atoms with E-state index < -0.39 is 12.0 Å². The largest absolute Gasteiger partial charge is 0.426 e. The van der Waals surface area contributed by atoms with Crippen LogP contribution in [-0.2, 0) is 4.79 Å². The Bertz CT molecular complexity index is 321. The van der Waals surface area contributed by atoms with E-state index in [4.69, 9.17) is 4.74 Å². The maximum Gasteiger partial charge on any atom is 0.316 e. The lowest BCUT2D eigenvalue weighted by atomic mass is 9.98. The molecule has 0 saturated heterocycles. The predicted octanol–water partition coefficient (Wildman–Crippen LogP) is 2.39. The van der Waals surface area contributed by atoms with Crippen molar-refractivity contribution in [2.75, 3.05) is 0 Å².